The molecule has 104 valence electrons. The summed E-state index contributed by atoms with van der Waals surface area (Å²) in [5.74, 6) is -1.01. The zero-order valence-electron chi connectivity index (χ0n) is 10.4. The second kappa shape index (κ2) is 6.45. The van der Waals surface area contributed by atoms with Gasteiger partial charge in [-0.2, -0.15) is 4.39 Å². The molecule has 1 atom stereocenters. The number of halogens is 2. The molecule has 6 heteroatoms. The minimum absolute atomic E-state index is 0.112. The van der Waals surface area contributed by atoms with Crippen molar-refractivity contribution in [3.63, 3.8) is 0 Å². The molecule has 2 aromatic rings. The minimum atomic E-state index is -0.930. The van der Waals surface area contributed by atoms with Gasteiger partial charge in [-0.05, 0) is 29.8 Å². The van der Waals surface area contributed by atoms with Gasteiger partial charge in [0.2, 0.25) is 11.9 Å². The molecule has 2 rings (SSSR count). The van der Waals surface area contributed by atoms with Crippen molar-refractivity contribution in [3.8, 4) is 0 Å². The van der Waals surface area contributed by atoms with Crippen molar-refractivity contribution < 1.29 is 14.3 Å². The quantitative estimate of drug-likeness (QED) is 0.852. The van der Waals surface area contributed by atoms with Crippen molar-refractivity contribution in [1.82, 2.24) is 4.98 Å². The van der Waals surface area contributed by atoms with Gasteiger partial charge in [0, 0.05) is 5.02 Å². The number of pyridine rings is 1. The van der Waals surface area contributed by atoms with E-state index in [2.05, 4.69) is 10.3 Å². The molecule has 1 heterocycles. The third-order valence-corrected chi connectivity index (χ3v) is 2.90. The van der Waals surface area contributed by atoms with Crippen LogP contribution in [0.15, 0.2) is 42.6 Å². The summed E-state index contributed by atoms with van der Waals surface area (Å²) in [7, 11) is 0. The summed E-state index contributed by atoms with van der Waals surface area (Å²) in [6, 6.07) is 9.13. The highest BCUT2D eigenvalue weighted by molar-refractivity contribution is 6.30. The highest BCUT2D eigenvalue weighted by atomic mass is 35.5. The molecular weight excluding hydrogens is 283 g/mol. The molecule has 1 unspecified atom stereocenters. The molecule has 1 aromatic heterocycles. The lowest BCUT2D eigenvalue weighted by atomic mass is 10.1. The number of hydrogen-bond acceptors (Lipinski definition) is 3. The van der Waals surface area contributed by atoms with Crippen LogP contribution in [0.5, 0.6) is 0 Å². The molecule has 20 heavy (non-hydrogen) atoms. The molecule has 4 nitrogen and oxygen atoms in total. The van der Waals surface area contributed by atoms with E-state index < -0.39 is 12.1 Å². The summed E-state index contributed by atoms with van der Waals surface area (Å²) in [6.07, 6.45) is 0.168. The third-order valence-electron chi connectivity index (χ3n) is 2.64. The molecule has 2 N–H and O–H groups in total. The fourth-order valence-corrected chi connectivity index (χ4v) is 1.77. The average Bonchev–Trinajstić information content (AvgIpc) is 2.42. The predicted molar refractivity (Wildman–Crippen MR) is 73.9 cm³/mol. The molecule has 1 amide bonds. The summed E-state index contributed by atoms with van der Waals surface area (Å²) < 4.78 is 12.6. The van der Waals surface area contributed by atoms with E-state index in [0.29, 0.717) is 16.3 Å². The van der Waals surface area contributed by atoms with Crippen LogP contribution in [-0.4, -0.2) is 16.0 Å². The molecular formula is C14H12ClFN2O2. The van der Waals surface area contributed by atoms with Gasteiger partial charge in [-0.1, -0.05) is 23.7 Å². The Kier molecular flexibility index (Phi) is 4.65. The summed E-state index contributed by atoms with van der Waals surface area (Å²) in [5.41, 5.74) is 0.974. The van der Waals surface area contributed by atoms with Gasteiger partial charge in [0.15, 0.2) is 0 Å². The van der Waals surface area contributed by atoms with Crippen LogP contribution in [0.25, 0.3) is 0 Å². The van der Waals surface area contributed by atoms with E-state index in [1.54, 1.807) is 24.3 Å². The van der Waals surface area contributed by atoms with Crippen molar-refractivity contribution in [2.24, 2.45) is 0 Å². The molecule has 0 aliphatic rings. The van der Waals surface area contributed by atoms with Crippen LogP contribution in [0.1, 0.15) is 18.1 Å². The first-order valence-electron chi connectivity index (χ1n) is 5.89. The second-order valence-electron chi connectivity index (χ2n) is 4.19. The maximum atomic E-state index is 12.6. The number of benzene rings is 1. The van der Waals surface area contributed by atoms with Crippen LogP contribution in [0, 0.1) is 5.95 Å². The summed E-state index contributed by atoms with van der Waals surface area (Å²) in [6.45, 7) is 0. The van der Waals surface area contributed by atoms with Gasteiger partial charge >= 0.3 is 0 Å². The Morgan fingerprint density at radius 3 is 2.60 bits per heavy atom. The van der Waals surface area contributed by atoms with Crippen molar-refractivity contribution >= 4 is 23.2 Å². The van der Waals surface area contributed by atoms with Gasteiger partial charge in [0.1, 0.15) is 0 Å². The highest BCUT2D eigenvalue weighted by Gasteiger charge is 2.13. The van der Waals surface area contributed by atoms with Gasteiger partial charge in [-0.25, -0.2) is 4.98 Å². The number of hydrogen-bond donors (Lipinski definition) is 2. The second-order valence-corrected chi connectivity index (χ2v) is 4.63. The number of aliphatic hydroxyl groups excluding tert-OH is 1. The van der Waals surface area contributed by atoms with E-state index in [4.69, 9.17) is 11.6 Å². The number of aromatic nitrogens is 1. The molecule has 0 saturated heterocycles. The summed E-state index contributed by atoms with van der Waals surface area (Å²) in [4.78, 5) is 15.1. The lowest BCUT2D eigenvalue weighted by Crippen LogP contribution is -2.15. The topological polar surface area (TPSA) is 62.2 Å². The van der Waals surface area contributed by atoms with Crippen LogP contribution in [0.3, 0.4) is 0 Å². The standard InChI is InChI=1S/C14H12ClFN2O2/c15-10-3-1-9(2-4-10)12(19)7-14(20)18-11-5-6-13(16)17-8-11/h1-6,8,12,19H,7H2,(H,18,20). The largest absolute Gasteiger partial charge is 0.388 e. The molecule has 0 spiro atoms. The lowest BCUT2D eigenvalue weighted by molar-refractivity contribution is -0.118. The van der Waals surface area contributed by atoms with Crippen molar-refractivity contribution in [2.75, 3.05) is 5.32 Å². The first kappa shape index (κ1) is 14.4. The van der Waals surface area contributed by atoms with E-state index in [1.165, 1.54) is 12.3 Å². The van der Waals surface area contributed by atoms with E-state index in [1.807, 2.05) is 0 Å². The Balaban J connectivity index is 1.93. The fourth-order valence-electron chi connectivity index (χ4n) is 1.64. The molecule has 0 radical (unpaired) electrons. The highest BCUT2D eigenvalue weighted by Crippen LogP contribution is 2.19. The summed E-state index contributed by atoms with van der Waals surface area (Å²) >= 11 is 5.74. The Morgan fingerprint density at radius 2 is 2.00 bits per heavy atom. The number of nitrogens with one attached hydrogen (secondary N) is 1. The maximum absolute atomic E-state index is 12.6. The zero-order valence-corrected chi connectivity index (χ0v) is 11.1. The predicted octanol–water partition coefficient (Wildman–Crippen LogP) is 2.94. The van der Waals surface area contributed by atoms with Crippen LogP contribution >= 0.6 is 11.6 Å². The van der Waals surface area contributed by atoms with Crippen molar-refractivity contribution in [2.45, 2.75) is 12.5 Å². The van der Waals surface area contributed by atoms with E-state index in [9.17, 15) is 14.3 Å². The number of rotatable bonds is 4. The van der Waals surface area contributed by atoms with E-state index in [0.717, 1.165) is 6.07 Å². The van der Waals surface area contributed by atoms with Gasteiger partial charge in [-0.15, -0.1) is 0 Å². The van der Waals surface area contributed by atoms with Crippen LogP contribution in [-0.2, 0) is 4.79 Å². The fraction of sp³-hybridized carbons (Fsp3) is 0.143. The van der Waals surface area contributed by atoms with Gasteiger partial charge < -0.3 is 10.4 Å². The van der Waals surface area contributed by atoms with Crippen molar-refractivity contribution in [1.29, 1.82) is 0 Å². The number of aliphatic hydroxyl groups is 1. The van der Waals surface area contributed by atoms with Crippen LogP contribution in [0.2, 0.25) is 5.02 Å². The molecule has 0 aliphatic heterocycles. The normalized spacial score (nSPS) is 11.9. The Labute approximate surface area is 120 Å². The minimum Gasteiger partial charge on any atom is -0.388 e. The van der Waals surface area contributed by atoms with Crippen LogP contribution < -0.4 is 5.32 Å². The first-order valence-corrected chi connectivity index (χ1v) is 6.27. The maximum Gasteiger partial charge on any atom is 0.227 e. The van der Waals surface area contributed by atoms with Crippen LogP contribution in [0.4, 0.5) is 10.1 Å². The van der Waals surface area contributed by atoms with Gasteiger partial charge in [0.05, 0.1) is 24.4 Å². The SMILES string of the molecule is O=C(CC(O)c1ccc(Cl)cc1)Nc1ccc(F)nc1. The Morgan fingerprint density at radius 1 is 1.30 bits per heavy atom. The number of carbonyl (C=O) groups is 1. The van der Waals surface area contributed by atoms with E-state index in [-0.39, 0.29) is 12.3 Å². The smallest absolute Gasteiger partial charge is 0.227 e. The number of amides is 1. The molecule has 1 aromatic carbocycles. The van der Waals surface area contributed by atoms with Crippen molar-refractivity contribution in [3.05, 3.63) is 59.1 Å². The molecule has 0 saturated carbocycles. The number of carbonyl (C=O) groups excluding carboxylic acids is 1. The molecule has 0 fully saturated rings. The number of nitrogens with zero attached hydrogens (tertiary/aromatic N) is 1. The van der Waals surface area contributed by atoms with Gasteiger partial charge in [0.25, 0.3) is 0 Å². The first-order chi connectivity index (χ1) is 9.54. The van der Waals surface area contributed by atoms with E-state index >= 15 is 0 Å². The van der Waals surface area contributed by atoms with Gasteiger partial charge in [-0.3, -0.25) is 4.79 Å². The Bertz CT molecular complexity index is 587. The molecule has 0 bridgehead atoms. The third kappa shape index (κ3) is 4.01. The lowest BCUT2D eigenvalue weighted by Gasteiger charge is -2.11. The Hall–Kier alpha value is -1.98. The monoisotopic (exact) mass is 294 g/mol. The molecule has 0 aliphatic carbocycles. The average molecular weight is 295 g/mol. The summed E-state index contributed by atoms with van der Waals surface area (Å²) in [5, 5.41) is 13.0. The number of anilines is 1. The zero-order chi connectivity index (χ0) is 14.5.